The van der Waals surface area contributed by atoms with Crippen LogP contribution in [0.15, 0.2) is 42.5 Å². The van der Waals surface area contributed by atoms with Crippen LogP contribution in [0.5, 0.6) is 11.5 Å². The molecule has 0 unspecified atom stereocenters. The maximum Gasteiger partial charge on any atom is 0.161 e. The highest BCUT2D eigenvalue weighted by Gasteiger charge is 2.06. The summed E-state index contributed by atoms with van der Waals surface area (Å²) < 4.78 is 10.9. The topological polar surface area (TPSA) is 35.1 Å². The van der Waals surface area contributed by atoms with Crippen molar-refractivity contribution in [2.45, 2.75) is 26.9 Å². The molecule has 0 saturated heterocycles. The molecule has 0 bridgehead atoms. The van der Waals surface area contributed by atoms with E-state index < -0.39 is 0 Å². The SMILES string of the molecule is CCOc1cc(C[NH2+]Cc2ccc(C)cc2)ccc1OC. The fraction of sp³-hybridized carbons (Fsp3) is 0.333. The van der Waals surface area contributed by atoms with Crippen molar-refractivity contribution in [1.29, 1.82) is 0 Å². The number of ether oxygens (including phenoxy) is 2. The molecule has 0 atom stereocenters. The van der Waals surface area contributed by atoms with E-state index >= 15 is 0 Å². The van der Waals surface area contributed by atoms with Gasteiger partial charge in [-0.1, -0.05) is 29.8 Å². The molecule has 0 heterocycles. The largest absolute Gasteiger partial charge is 0.493 e. The van der Waals surface area contributed by atoms with Crippen molar-refractivity contribution in [3.8, 4) is 11.5 Å². The van der Waals surface area contributed by atoms with E-state index in [-0.39, 0.29) is 0 Å². The van der Waals surface area contributed by atoms with Gasteiger partial charge < -0.3 is 14.8 Å². The van der Waals surface area contributed by atoms with Crippen LogP contribution >= 0.6 is 0 Å². The summed E-state index contributed by atoms with van der Waals surface area (Å²) in [7, 11) is 1.67. The lowest BCUT2D eigenvalue weighted by Gasteiger charge is -2.10. The van der Waals surface area contributed by atoms with Gasteiger partial charge in [0.2, 0.25) is 0 Å². The van der Waals surface area contributed by atoms with Crippen LogP contribution in [0.1, 0.15) is 23.6 Å². The van der Waals surface area contributed by atoms with Crippen LogP contribution in [0.25, 0.3) is 0 Å². The molecule has 0 aromatic heterocycles. The second-order valence-corrected chi connectivity index (χ2v) is 5.10. The second kappa shape index (κ2) is 7.70. The molecule has 0 saturated carbocycles. The predicted molar refractivity (Wildman–Crippen MR) is 84.7 cm³/mol. The third kappa shape index (κ3) is 4.50. The molecule has 0 radical (unpaired) electrons. The molecule has 2 N–H and O–H groups in total. The van der Waals surface area contributed by atoms with E-state index in [1.165, 1.54) is 16.7 Å². The Morgan fingerprint density at radius 1 is 0.905 bits per heavy atom. The van der Waals surface area contributed by atoms with E-state index in [1.807, 2.05) is 13.0 Å². The van der Waals surface area contributed by atoms with Crippen molar-refractivity contribution in [1.82, 2.24) is 0 Å². The smallest absolute Gasteiger partial charge is 0.161 e. The lowest BCUT2D eigenvalue weighted by molar-refractivity contribution is -0.686. The summed E-state index contributed by atoms with van der Waals surface area (Å²) in [5.41, 5.74) is 3.89. The summed E-state index contributed by atoms with van der Waals surface area (Å²) in [6.07, 6.45) is 0. The number of rotatable bonds is 7. The Balaban J connectivity index is 1.93. The first kappa shape index (κ1) is 15.4. The van der Waals surface area contributed by atoms with Gasteiger partial charge in [0.15, 0.2) is 11.5 Å². The number of hydrogen-bond acceptors (Lipinski definition) is 2. The van der Waals surface area contributed by atoms with Crippen LogP contribution in [-0.4, -0.2) is 13.7 Å². The normalized spacial score (nSPS) is 10.4. The van der Waals surface area contributed by atoms with Gasteiger partial charge in [0.1, 0.15) is 13.1 Å². The maximum absolute atomic E-state index is 5.61. The lowest BCUT2D eigenvalue weighted by Crippen LogP contribution is -2.80. The summed E-state index contributed by atoms with van der Waals surface area (Å²) in [6.45, 7) is 6.65. The Kier molecular flexibility index (Phi) is 5.64. The number of hydrogen-bond donors (Lipinski definition) is 1. The van der Waals surface area contributed by atoms with Crippen molar-refractivity contribution in [2.24, 2.45) is 0 Å². The molecule has 0 aliphatic heterocycles. The van der Waals surface area contributed by atoms with Gasteiger partial charge in [-0.15, -0.1) is 0 Å². The molecule has 112 valence electrons. The zero-order valence-corrected chi connectivity index (χ0v) is 13.1. The zero-order chi connectivity index (χ0) is 15.1. The van der Waals surface area contributed by atoms with Crippen LogP contribution in [0.3, 0.4) is 0 Å². The summed E-state index contributed by atoms with van der Waals surface area (Å²) in [4.78, 5) is 0. The summed E-state index contributed by atoms with van der Waals surface area (Å²) in [6, 6.07) is 14.8. The minimum atomic E-state index is 0.646. The molecule has 2 aromatic rings. The van der Waals surface area contributed by atoms with Crippen molar-refractivity contribution in [3.63, 3.8) is 0 Å². The molecule has 2 rings (SSSR count). The highest BCUT2D eigenvalue weighted by atomic mass is 16.5. The average molecular weight is 286 g/mol. The van der Waals surface area contributed by atoms with Crippen molar-refractivity contribution in [3.05, 3.63) is 59.2 Å². The highest BCUT2D eigenvalue weighted by Crippen LogP contribution is 2.27. The van der Waals surface area contributed by atoms with Crippen LogP contribution in [0.2, 0.25) is 0 Å². The van der Waals surface area contributed by atoms with Gasteiger partial charge in [-0.05, 0) is 32.0 Å². The maximum atomic E-state index is 5.61. The Bertz CT molecular complexity index is 564. The monoisotopic (exact) mass is 286 g/mol. The Labute approximate surface area is 126 Å². The van der Waals surface area contributed by atoms with Gasteiger partial charge in [0, 0.05) is 11.1 Å². The van der Waals surface area contributed by atoms with Gasteiger partial charge in [-0.25, -0.2) is 0 Å². The molecule has 21 heavy (non-hydrogen) atoms. The van der Waals surface area contributed by atoms with Gasteiger partial charge in [0.25, 0.3) is 0 Å². The van der Waals surface area contributed by atoms with E-state index in [4.69, 9.17) is 9.47 Å². The van der Waals surface area contributed by atoms with Crippen molar-refractivity contribution >= 4 is 0 Å². The third-order valence-corrected chi connectivity index (χ3v) is 3.41. The quantitative estimate of drug-likeness (QED) is 0.849. The van der Waals surface area contributed by atoms with Crippen molar-refractivity contribution in [2.75, 3.05) is 13.7 Å². The van der Waals surface area contributed by atoms with Crippen LogP contribution < -0.4 is 14.8 Å². The Morgan fingerprint density at radius 3 is 2.24 bits per heavy atom. The number of aryl methyl sites for hydroxylation is 1. The molecular weight excluding hydrogens is 262 g/mol. The van der Waals surface area contributed by atoms with Gasteiger partial charge >= 0.3 is 0 Å². The lowest BCUT2D eigenvalue weighted by atomic mass is 10.1. The number of quaternary nitrogens is 1. The fourth-order valence-electron chi connectivity index (χ4n) is 2.25. The molecule has 0 spiro atoms. The number of benzene rings is 2. The summed E-state index contributed by atoms with van der Waals surface area (Å²) in [5.74, 6) is 1.61. The standard InChI is InChI=1S/C18H23NO2/c1-4-21-18-11-16(9-10-17(18)20-3)13-19-12-15-7-5-14(2)6-8-15/h5-11,19H,4,12-13H2,1-3H3/p+1. The van der Waals surface area contributed by atoms with Gasteiger partial charge in [-0.2, -0.15) is 0 Å². The third-order valence-electron chi connectivity index (χ3n) is 3.41. The zero-order valence-electron chi connectivity index (χ0n) is 13.1. The molecule has 0 amide bonds. The molecular formula is C18H24NO2+. The van der Waals surface area contributed by atoms with E-state index in [9.17, 15) is 0 Å². The first-order chi connectivity index (χ1) is 10.2. The highest BCUT2D eigenvalue weighted by molar-refractivity contribution is 5.42. The van der Waals surface area contributed by atoms with Crippen LogP contribution in [-0.2, 0) is 13.1 Å². The molecule has 3 nitrogen and oxygen atoms in total. The van der Waals surface area contributed by atoms with Gasteiger partial charge in [-0.3, -0.25) is 0 Å². The first-order valence-corrected chi connectivity index (χ1v) is 7.40. The molecule has 0 aliphatic carbocycles. The van der Waals surface area contributed by atoms with E-state index in [0.29, 0.717) is 6.61 Å². The minimum absolute atomic E-state index is 0.646. The summed E-state index contributed by atoms with van der Waals surface area (Å²) in [5, 5.41) is 2.29. The minimum Gasteiger partial charge on any atom is -0.493 e. The van der Waals surface area contributed by atoms with E-state index in [2.05, 4.69) is 48.6 Å². The number of nitrogens with two attached hydrogens (primary N) is 1. The fourth-order valence-corrected chi connectivity index (χ4v) is 2.25. The summed E-state index contributed by atoms with van der Waals surface area (Å²) >= 11 is 0. The Hall–Kier alpha value is -2.00. The van der Waals surface area contributed by atoms with Crippen molar-refractivity contribution < 1.29 is 14.8 Å². The number of methoxy groups -OCH3 is 1. The molecule has 0 aliphatic rings. The van der Waals surface area contributed by atoms with Crippen LogP contribution in [0, 0.1) is 6.92 Å². The van der Waals surface area contributed by atoms with Gasteiger partial charge in [0.05, 0.1) is 13.7 Å². The van der Waals surface area contributed by atoms with Crippen LogP contribution in [0.4, 0.5) is 0 Å². The second-order valence-electron chi connectivity index (χ2n) is 5.10. The predicted octanol–water partition coefficient (Wildman–Crippen LogP) is 2.67. The molecule has 3 heteroatoms. The molecule has 0 fully saturated rings. The molecule has 2 aromatic carbocycles. The average Bonchev–Trinajstić information content (AvgIpc) is 2.50. The Morgan fingerprint density at radius 2 is 1.57 bits per heavy atom. The van der Waals surface area contributed by atoms with E-state index in [0.717, 1.165) is 24.6 Å². The first-order valence-electron chi connectivity index (χ1n) is 7.40. The van der Waals surface area contributed by atoms with E-state index in [1.54, 1.807) is 7.11 Å².